The minimum atomic E-state index is -0.735. The molecule has 0 unspecified atom stereocenters. The number of carbonyl (C=O) groups is 3. The maximum atomic E-state index is 13.8. The molecule has 0 fully saturated rings. The Labute approximate surface area is 229 Å². The van der Waals surface area contributed by atoms with Crippen LogP contribution in [-0.4, -0.2) is 55.4 Å². The number of hydrogen-bond donors (Lipinski definition) is 1. The van der Waals surface area contributed by atoms with Gasteiger partial charge in [-0.15, -0.1) is 0 Å². The molecule has 3 aromatic heterocycles. The van der Waals surface area contributed by atoms with Gasteiger partial charge in [-0.25, -0.2) is 4.98 Å². The molecule has 10 nitrogen and oxygen atoms in total. The highest BCUT2D eigenvalue weighted by Crippen LogP contribution is 2.26. The maximum absolute atomic E-state index is 13.8. The Morgan fingerprint density at radius 1 is 1.13 bits per heavy atom. The lowest BCUT2D eigenvalue weighted by molar-refractivity contribution is -0.122. The fourth-order valence-corrected chi connectivity index (χ4v) is 4.88. The zero-order valence-electron chi connectivity index (χ0n) is 21.3. The summed E-state index contributed by atoms with van der Waals surface area (Å²) in [5.74, 6) is 0.0149. The molecule has 0 saturated carbocycles. The number of hydrogen-bond acceptors (Lipinski definition) is 7. The predicted octanol–water partition coefficient (Wildman–Crippen LogP) is 3.50. The van der Waals surface area contributed by atoms with Crippen LogP contribution in [0.1, 0.15) is 37.7 Å². The normalized spacial score (nSPS) is 15.1. The first-order valence-electron chi connectivity index (χ1n) is 12.2. The Hall–Kier alpha value is -4.57. The number of amides is 2. The number of halogens is 1. The second-order valence-corrected chi connectivity index (χ2v) is 9.52. The highest BCUT2D eigenvalue weighted by molar-refractivity contribution is 6.34. The highest BCUT2D eigenvalue weighted by atomic mass is 35.5. The zero-order valence-corrected chi connectivity index (χ0v) is 22.1. The van der Waals surface area contributed by atoms with Crippen LogP contribution >= 0.6 is 11.6 Å². The number of aryl methyl sites for hydroxylation is 1. The number of fused-ring (bicyclic) bond motifs is 1. The molecule has 0 saturated heterocycles. The molecular formula is C28H25ClN6O4. The van der Waals surface area contributed by atoms with Gasteiger partial charge in [-0.2, -0.15) is 5.10 Å². The largest absolute Gasteiger partial charge is 0.497 e. The standard InChI is InChI=1S/C28H25ClN6O4/c1-34-26-18(15-32-34)12-24(36)23(13-19-5-3-4-9-30-19)35(28(26)38)16-17-6-7-21(22(29)11-17)27(37)33-25-14-20(39-2)8-10-31-25/h3-11,14-15,23H,12-13,16H2,1-2H3,(H,31,33,37)/t23-/m1/s1. The van der Waals surface area contributed by atoms with E-state index in [0.29, 0.717) is 34.1 Å². The van der Waals surface area contributed by atoms with E-state index in [0.717, 1.165) is 0 Å². The van der Waals surface area contributed by atoms with Crippen molar-refractivity contribution in [2.45, 2.75) is 25.4 Å². The summed E-state index contributed by atoms with van der Waals surface area (Å²) in [4.78, 5) is 50.1. The third kappa shape index (κ3) is 5.51. The van der Waals surface area contributed by atoms with E-state index in [2.05, 4.69) is 20.4 Å². The Morgan fingerprint density at radius 2 is 1.97 bits per heavy atom. The van der Waals surface area contributed by atoms with Gasteiger partial charge in [0.15, 0.2) is 5.78 Å². The van der Waals surface area contributed by atoms with E-state index in [-0.39, 0.29) is 41.7 Å². The van der Waals surface area contributed by atoms with E-state index < -0.39 is 11.9 Å². The topological polar surface area (TPSA) is 119 Å². The number of ketones is 1. The van der Waals surface area contributed by atoms with Crippen LogP contribution in [0.5, 0.6) is 5.75 Å². The lowest BCUT2D eigenvalue weighted by atomic mass is 10.0. The molecule has 1 atom stereocenters. The van der Waals surface area contributed by atoms with Crippen molar-refractivity contribution in [3.8, 4) is 5.75 Å². The number of benzene rings is 1. The number of nitrogens with one attached hydrogen (secondary N) is 1. The van der Waals surface area contributed by atoms with Crippen LogP contribution in [0.4, 0.5) is 5.82 Å². The highest BCUT2D eigenvalue weighted by Gasteiger charge is 2.37. The van der Waals surface area contributed by atoms with Crippen molar-refractivity contribution in [1.29, 1.82) is 0 Å². The zero-order chi connectivity index (χ0) is 27.5. The molecule has 5 rings (SSSR count). The Balaban J connectivity index is 1.42. The van der Waals surface area contributed by atoms with Gasteiger partial charge in [0.2, 0.25) is 0 Å². The van der Waals surface area contributed by atoms with Crippen molar-refractivity contribution < 1.29 is 19.1 Å². The molecule has 0 radical (unpaired) electrons. The number of anilines is 1. The second-order valence-electron chi connectivity index (χ2n) is 9.11. The summed E-state index contributed by atoms with van der Waals surface area (Å²) in [6.07, 6.45) is 5.11. The molecule has 1 N–H and O–H groups in total. The first-order chi connectivity index (χ1) is 18.8. The number of rotatable bonds is 7. The van der Waals surface area contributed by atoms with Crippen molar-refractivity contribution >= 4 is 35.0 Å². The summed E-state index contributed by atoms with van der Waals surface area (Å²) in [5, 5.41) is 7.09. The van der Waals surface area contributed by atoms with E-state index in [1.54, 1.807) is 55.8 Å². The Kier molecular flexibility index (Phi) is 7.38. The van der Waals surface area contributed by atoms with Crippen molar-refractivity contribution in [3.05, 3.63) is 100 Å². The summed E-state index contributed by atoms with van der Waals surface area (Å²) < 4.78 is 6.66. The summed E-state index contributed by atoms with van der Waals surface area (Å²) in [5.41, 5.74) is 2.57. The Bertz CT molecular complexity index is 1550. The number of aromatic nitrogens is 4. The fraction of sp³-hybridized carbons (Fsp3) is 0.214. The van der Waals surface area contributed by atoms with Crippen molar-refractivity contribution in [1.82, 2.24) is 24.6 Å². The van der Waals surface area contributed by atoms with Crippen molar-refractivity contribution in [2.24, 2.45) is 7.05 Å². The fourth-order valence-electron chi connectivity index (χ4n) is 4.60. The molecule has 1 aliphatic rings. The van der Waals surface area contributed by atoms with Crippen LogP contribution in [0.25, 0.3) is 0 Å². The number of pyridine rings is 2. The van der Waals surface area contributed by atoms with Gasteiger partial charge in [0.25, 0.3) is 11.8 Å². The summed E-state index contributed by atoms with van der Waals surface area (Å²) in [6.45, 7) is 0.103. The van der Waals surface area contributed by atoms with Crippen LogP contribution < -0.4 is 10.1 Å². The number of methoxy groups -OCH3 is 1. The van der Waals surface area contributed by atoms with E-state index >= 15 is 0 Å². The lowest BCUT2D eigenvalue weighted by Gasteiger charge is -2.29. The first kappa shape index (κ1) is 26.1. The SMILES string of the molecule is COc1ccnc(NC(=O)c2ccc(CN3C(=O)c4c(cnn4C)CC(=O)[C@H]3Cc3ccccn3)cc2Cl)c1. The van der Waals surface area contributed by atoms with Gasteiger partial charge < -0.3 is 15.0 Å². The molecule has 39 heavy (non-hydrogen) atoms. The van der Waals surface area contributed by atoms with Crippen LogP contribution in [0.3, 0.4) is 0 Å². The molecule has 11 heteroatoms. The first-order valence-corrected chi connectivity index (χ1v) is 12.6. The van der Waals surface area contributed by atoms with Crippen molar-refractivity contribution in [3.63, 3.8) is 0 Å². The number of carbonyl (C=O) groups excluding carboxylic acids is 3. The van der Waals surface area contributed by atoms with Crippen LogP contribution in [0.2, 0.25) is 5.02 Å². The van der Waals surface area contributed by atoms with Gasteiger partial charge in [-0.3, -0.25) is 24.0 Å². The third-order valence-corrected chi connectivity index (χ3v) is 6.87. The average Bonchev–Trinajstić information content (AvgIpc) is 3.26. The van der Waals surface area contributed by atoms with E-state index in [9.17, 15) is 14.4 Å². The summed E-state index contributed by atoms with van der Waals surface area (Å²) >= 11 is 6.52. The molecule has 0 spiro atoms. The Morgan fingerprint density at radius 3 is 2.72 bits per heavy atom. The quantitative estimate of drug-likeness (QED) is 0.378. The second kappa shape index (κ2) is 11.0. The van der Waals surface area contributed by atoms with E-state index in [4.69, 9.17) is 16.3 Å². The van der Waals surface area contributed by atoms with Gasteiger partial charge in [0.1, 0.15) is 17.3 Å². The van der Waals surface area contributed by atoms with Crippen LogP contribution in [0.15, 0.2) is 67.1 Å². The minimum absolute atomic E-state index is 0.0983. The number of Topliss-reactive ketones (excluding diaryl/α,β-unsaturated/α-hetero) is 1. The molecule has 1 aliphatic heterocycles. The molecule has 4 aromatic rings. The number of ether oxygens (including phenoxy) is 1. The molecule has 198 valence electrons. The molecule has 0 aliphatic carbocycles. The lowest BCUT2D eigenvalue weighted by Crippen LogP contribution is -2.45. The van der Waals surface area contributed by atoms with Crippen molar-refractivity contribution in [2.75, 3.05) is 12.4 Å². The molecular weight excluding hydrogens is 520 g/mol. The monoisotopic (exact) mass is 544 g/mol. The van der Waals surface area contributed by atoms with Gasteiger partial charge in [0, 0.05) is 56.2 Å². The van der Waals surface area contributed by atoms with Gasteiger partial charge in [0.05, 0.1) is 29.9 Å². The molecule has 1 aromatic carbocycles. The number of nitrogens with zero attached hydrogens (tertiary/aromatic N) is 5. The smallest absolute Gasteiger partial charge is 0.273 e. The summed E-state index contributed by atoms with van der Waals surface area (Å²) in [6, 6.07) is 12.9. The molecule has 4 heterocycles. The van der Waals surface area contributed by atoms with Crippen LogP contribution in [-0.2, 0) is 31.2 Å². The van der Waals surface area contributed by atoms with Gasteiger partial charge >= 0.3 is 0 Å². The van der Waals surface area contributed by atoms with Gasteiger partial charge in [-0.05, 0) is 35.9 Å². The summed E-state index contributed by atoms with van der Waals surface area (Å²) in [7, 11) is 3.20. The average molecular weight is 545 g/mol. The molecule has 2 amide bonds. The minimum Gasteiger partial charge on any atom is -0.497 e. The van der Waals surface area contributed by atoms with Crippen LogP contribution in [0, 0.1) is 0 Å². The third-order valence-electron chi connectivity index (χ3n) is 6.56. The van der Waals surface area contributed by atoms with Gasteiger partial charge in [-0.1, -0.05) is 23.7 Å². The van der Waals surface area contributed by atoms with E-state index in [1.165, 1.54) is 22.9 Å². The molecule has 0 bridgehead atoms. The van der Waals surface area contributed by atoms with E-state index in [1.807, 2.05) is 12.1 Å². The maximum Gasteiger partial charge on any atom is 0.273 e. The predicted molar refractivity (Wildman–Crippen MR) is 144 cm³/mol.